The molecule has 0 saturated heterocycles. The molecule has 0 saturated carbocycles. The zero-order valence-electron chi connectivity index (χ0n) is 3.81. The second kappa shape index (κ2) is 1.85. The first-order valence-corrected chi connectivity index (χ1v) is 1.77. The average Bonchev–Trinajstić information content (AvgIpc) is 2.63. The van der Waals surface area contributed by atoms with E-state index in [2.05, 4.69) is 19.8 Å². The molecule has 0 aromatic carbocycles. The summed E-state index contributed by atoms with van der Waals surface area (Å²) in [5, 5.41) is 0. The summed E-state index contributed by atoms with van der Waals surface area (Å²) < 4.78 is 33.0. The molecule has 0 atom stereocenters. The number of hydrogen-bond donors (Lipinski definition) is 0. The van der Waals surface area contributed by atoms with E-state index < -0.39 is 11.8 Å². The van der Waals surface area contributed by atoms with Gasteiger partial charge in [-0.1, -0.05) is 0 Å². The molecular formula is C2F3NO3. The van der Waals surface area contributed by atoms with Crippen molar-refractivity contribution in [3.63, 3.8) is 0 Å². The predicted octanol–water partition coefficient (Wildman–Crippen LogP) is 0.756. The molecule has 0 unspecified atom stereocenters. The van der Waals surface area contributed by atoms with Crippen LogP contribution in [0.15, 0.2) is 4.99 Å². The Balaban J connectivity index is 2.42. The summed E-state index contributed by atoms with van der Waals surface area (Å²) in [7, 11) is 0. The monoisotopic (exact) mass is 143 g/mol. The molecule has 0 aromatic rings. The molecule has 4 nitrogen and oxygen atoms in total. The third kappa shape index (κ3) is 0.736. The molecule has 1 aliphatic heterocycles. The Kier molecular flexibility index (Phi) is 1.29. The molecule has 1 heterocycles. The van der Waals surface area contributed by atoms with E-state index in [1.807, 2.05) is 0 Å². The van der Waals surface area contributed by atoms with E-state index in [1.165, 1.54) is 0 Å². The predicted molar refractivity (Wildman–Crippen MR) is 16.7 cm³/mol. The lowest BCUT2D eigenvalue weighted by atomic mass is 10.7. The molecule has 0 bridgehead atoms. The highest BCUT2D eigenvalue weighted by atomic mass is 19.3. The SMILES string of the molecule is FOC1=NC1(OF)OF. The van der Waals surface area contributed by atoms with Crippen LogP contribution in [-0.4, -0.2) is 11.8 Å². The third-order valence-corrected chi connectivity index (χ3v) is 0.751. The van der Waals surface area contributed by atoms with Crippen molar-refractivity contribution < 1.29 is 28.4 Å². The van der Waals surface area contributed by atoms with Gasteiger partial charge in [0.25, 0.3) is 0 Å². The maximum atomic E-state index is 11.0. The summed E-state index contributed by atoms with van der Waals surface area (Å²) in [5.74, 6) is -3.51. The van der Waals surface area contributed by atoms with Crippen LogP contribution < -0.4 is 0 Å². The van der Waals surface area contributed by atoms with E-state index >= 15 is 0 Å². The number of halogens is 3. The zero-order valence-corrected chi connectivity index (χ0v) is 3.81. The van der Waals surface area contributed by atoms with Gasteiger partial charge in [0, 0.05) is 4.53 Å². The van der Waals surface area contributed by atoms with E-state index in [-0.39, 0.29) is 0 Å². The molecule has 0 spiro atoms. The van der Waals surface area contributed by atoms with Crippen LogP contribution in [-0.2, 0) is 14.8 Å². The molecule has 0 N–H and O–H groups in total. The highest BCUT2D eigenvalue weighted by Crippen LogP contribution is 2.32. The minimum atomic E-state index is -2.59. The van der Waals surface area contributed by atoms with Crippen molar-refractivity contribution >= 4 is 5.90 Å². The number of hydrogen-bond acceptors (Lipinski definition) is 4. The average molecular weight is 143 g/mol. The second-order valence-corrected chi connectivity index (χ2v) is 1.23. The minimum absolute atomic E-state index is 0.924. The smallest absolute Gasteiger partial charge is 0.270 e. The summed E-state index contributed by atoms with van der Waals surface area (Å²) in [4.78, 5) is 10.9. The lowest BCUT2D eigenvalue weighted by Crippen LogP contribution is -2.20. The molecule has 52 valence electrons. The fourth-order valence-electron chi connectivity index (χ4n) is 0.284. The Hall–Kier alpha value is -0.820. The lowest BCUT2D eigenvalue weighted by Gasteiger charge is -1.96. The van der Waals surface area contributed by atoms with Gasteiger partial charge in [-0.2, -0.15) is 4.99 Å². The van der Waals surface area contributed by atoms with Crippen molar-refractivity contribution in [1.82, 2.24) is 0 Å². The Morgan fingerprint density at radius 2 is 1.78 bits per heavy atom. The van der Waals surface area contributed by atoms with Crippen LogP contribution in [0.2, 0.25) is 0 Å². The molecule has 9 heavy (non-hydrogen) atoms. The molecular weight excluding hydrogens is 143 g/mol. The standard InChI is InChI=1S/C2F3NO3/c3-7-1-2(6-1,8-4)9-5. The van der Waals surface area contributed by atoms with Crippen molar-refractivity contribution in [3.8, 4) is 0 Å². The quantitative estimate of drug-likeness (QED) is 0.535. The Labute approximate surface area is 46.5 Å². The van der Waals surface area contributed by atoms with Crippen LogP contribution in [0.5, 0.6) is 0 Å². The van der Waals surface area contributed by atoms with Crippen molar-refractivity contribution in [1.29, 1.82) is 0 Å². The van der Waals surface area contributed by atoms with Gasteiger partial charge in [0.2, 0.25) is 0 Å². The second-order valence-electron chi connectivity index (χ2n) is 1.23. The summed E-state index contributed by atoms with van der Waals surface area (Å²) in [6, 6.07) is 0. The van der Waals surface area contributed by atoms with Crippen molar-refractivity contribution in [3.05, 3.63) is 0 Å². The van der Waals surface area contributed by atoms with Crippen LogP contribution in [0.3, 0.4) is 0 Å². The normalized spacial score (nSPS) is 21.0. The highest BCUT2D eigenvalue weighted by Gasteiger charge is 2.59. The zero-order chi connectivity index (χ0) is 6.91. The van der Waals surface area contributed by atoms with Gasteiger partial charge in [0.15, 0.2) is 0 Å². The van der Waals surface area contributed by atoms with Crippen LogP contribution >= 0.6 is 0 Å². The first kappa shape index (κ1) is 6.30. The summed E-state index contributed by atoms with van der Waals surface area (Å²) >= 11 is 0. The maximum Gasteiger partial charge on any atom is 0.420 e. The van der Waals surface area contributed by atoms with Gasteiger partial charge < -0.3 is 0 Å². The summed E-state index contributed by atoms with van der Waals surface area (Å²) in [6.07, 6.45) is 0. The largest absolute Gasteiger partial charge is 0.420 e. The summed E-state index contributed by atoms with van der Waals surface area (Å²) in [5.41, 5.74) is 0. The fraction of sp³-hybridized carbons (Fsp3) is 0.500. The Morgan fingerprint density at radius 1 is 1.22 bits per heavy atom. The van der Waals surface area contributed by atoms with E-state index in [1.54, 1.807) is 0 Å². The molecule has 0 aliphatic carbocycles. The minimum Gasteiger partial charge on any atom is -0.270 e. The van der Waals surface area contributed by atoms with Gasteiger partial charge in [-0.15, -0.1) is 9.88 Å². The molecule has 0 fully saturated rings. The van der Waals surface area contributed by atoms with Crippen molar-refractivity contribution in [2.75, 3.05) is 0 Å². The van der Waals surface area contributed by atoms with Crippen LogP contribution in [0, 0.1) is 0 Å². The summed E-state index contributed by atoms with van der Waals surface area (Å²) in [6.45, 7) is 0. The fourth-order valence-corrected chi connectivity index (χ4v) is 0.284. The molecule has 1 aliphatic rings. The molecule has 0 amide bonds. The van der Waals surface area contributed by atoms with Gasteiger partial charge in [-0.25, -0.2) is 0 Å². The van der Waals surface area contributed by atoms with E-state index in [9.17, 15) is 13.6 Å². The molecule has 0 radical (unpaired) electrons. The van der Waals surface area contributed by atoms with Crippen molar-refractivity contribution in [2.45, 2.75) is 5.91 Å². The maximum absolute atomic E-state index is 11.0. The molecule has 1 rings (SSSR count). The molecule has 0 aromatic heterocycles. The number of aliphatic imine (C=N–C) groups is 1. The van der Waals surface area contributed by atoms with Crippen LogP contribution in [0.1, 0.15) is 0 Å². The van der Waals surface area contributed by atoms with Gasteiger partial charge in [0.05, 0.1) is 0 Å². The van der Waals surface area contributed by atoms with Crippen LogP contribution in [0.25, 0.3) is 0 Å². The van der Waals surface area contributed by atoms with Gasteiger partial charge >= 0.3 is 11.8 Å². The Bertz CT molecular complexity index is 144. The number of nitrogens with zero attached hydrogens (tertiary/aromatic N) is 1. The molecule has 7 heteroatoms. The van der Waals surface area contributed by atoms with Gasteiger partial charge in [0.1, 0.15) is 0 Å². The first-order chi connectivity index (χ1) is 4.29. The van der Waals surface area contributed by atoms with E-state index in [0.717, 1.165) is 0 Å². The van der Waals surface area contributed by atoms with Crippen molar-refractivity contribution in [2.24, 2.45) is 4.99 Å². The number of rotatable bonds is 2. The van der Waals surface area contributed by atoms with E-state index in [4.69, 9.17) is 0 Å². The first-order valence-electron chi connectivity index (χ1n) is 1.77. The van der Waals surface area contributed by atoms with Gasteiger partial charge in [-0.05, 0) is 9.05 Å². The topological polar surface area (TPSA) is 40.0 Å². The van der Waals surface area contributed by atoms with Gasteiger partial charge in [-0.3, -0.25) is 4.94 Å². The van der Waals surface area contributed by atoms with E-state index in [0.29, 0.717) is 0 Å². The third-order valence-electron chi connectivity index (χ3n) is 0.751. The Morgan fingerprint density at radius 3 is 1.89 bits per heavy atom. The highest BCUT2D eigenvalue weighted by molar-refractivity contribution is 5.94. The lowest BCUT2D eigenvalue weighted by molar-refractivity contribution is -0.364. The van der Waals surface area contributed by atoms with Crippen LogP contribution in [0.4, 0.5) is 13.6 Å².